The molecule has 0 aromatic carbocycles. The second kappa shape index (κ2) is 4.29. The van der Waals surface area contributed by atoms with Gasteiger partial charge in [0.2, 0.25) is 5.88 Å². The van der Waals surface area contributed by atoms with E-state index in [4.69, 9.17) is 11.2 Å². The molecule has 1 heterocycles. The highest BCUT2D eigenvalue weighted by Gasteiger charge is 2.02. The first-order valence-corrected chi connectivity index (χ1v) is 4.68. The van der Waals surface area contributed by atoms with Crippen LogP contribution in [0.15, 0.2) is 16.6 Å². The number of ether oxygens (including phenoxy) is 1. The van der Waals surface area contributed by atoms with Gasteiger partial charge in [-0.3, -0.25) is 0 Å². The molecule has 2 nitrogen and oxygen atoms in total. The van der Waals surface area contributed by atoms with Crippen molar-refractivity contribution in [2.75, 3.05) is 0 Å². The molecule has 0 aliphatic carbocycles. The number of aryl methyl sites for hydroxylation is 1. The summed E-state index contributed by atoms with van der Waals surface area (Å²) in [4.78, 5) is 4.20. The van der Waals surface area contributed by atoms with Crippen LogP contribution in [0, 0.1) is 19.3 Å². The molecular weight excluding hydrogens is 230 g/mol. The van der Waals surface area contributed by atoms with E-state index in [9.17, 15) is 0 Å². The molecule has 1 rings (SSSR count). The van der Waals surface area contributed by atoms with Crippen molar-refractivity contribution in [3.05, 3.63) is 22.3 Å². The Morgan fingerprint density at radius 3 is 2.85 bits per heavy atom. The molecule has 1 unspecified atom stereocenters. The van der Waals surface area contributed by atoms with Gasteiger partial charge in [-0.05, 0) is 35.8 Å². The van der Waals surface area contributed by atoms with Crippen molar-refractivity contribution < 1.29 is 4.74 Å². The highest BCUT2D eigenvalue weighted by atomic mass is 79.9. The maximum Gasteiger partial charge on any atom is 0.214 e. The summed E-state index contributed by atoms with van der Waals surface area (Å²) in [6.45, 7) is 3.70. The van der Waals surface area contributed by atoms with E-state index in [0.717, 1.165) is 10.2 Å². The van der Waals surface area contributed by atoms with Crippen LogP contribution in [0.4, 0.5) is 0 Å². The molecule has 13 heavy (non-hydrogen) atoms. The molecule has 0 saturated heterocycles. The van der Waals surface area contributed by atoms with E-state index in [2.05, 4.69) is 26.8 Å². The van der Waals surface area contributed by atoms with Gasteiger partial charge >= 0.3 is 0 Å². The number of nitrogens with zero attached hydrogens (tertiary/aromatic N) is 1. The van der Waals surface area contributed by atoms with E-state index in [0.29, 0.717) is 5.88 Å². The van der Waals surface area contributed by atoms with Crippen molar-refractivity contribution >= 4 is 15.9 Å². The molecule has 0 aliphatic heterocycles. The van der Waals surface area contributed by atoms with Gasteiger partial charge in [0.15, 0.2) is 6.10 Å². The van der Waals surface area contributed by atoms with Crippen LogP contribution in [-0.4, -0.2) is 11.1 Å². The summed E-state index contributed by atoms with van der Waals surface area (Å²) in [6.07, 6.45) is 4.93. The fourth-order valence-corrected chi connectivity index (χ4v) is 1.02. The lowest BCUT2D eigenvalue weighted by atomic mass is 10.4. The predicted octanol–water partition coefficient (Wildman–Crippen LogP) is 2.55. The SMILES string of the molecule is C#CC(C)Oc1ccc(Br)c(C)n1. The van der Waals surface area contributed by atoms with Crippen LogP contribution < -0.4 is 4.74 Å². The lowest BCUT2D eigenvalue weighted by Gasteiger charge is -2.08. The van der Waals surface area contributed by atoms with Gasteiger partial charge in [-0.25, -0.2) is 4.98 Å². The van der Waals surface area contributed by atoms with Gasteiger partial charge in [0.05, 0.1) is 5.69 Å². The summed E-state index contributed by atoms with van der Waals surface area (Å²) in [5.74, 6) is 3.03. The van der Waals surface area contributed by atoms with Gasteiger partial charge in [0, 0.05) is 10.5 Å². The molecule has 0 N–H and O–H groups in total. The second-order valence-corrected chi connectivity index (χ2v) is 3.50. The third-order valence-electron chi connectivity index (χ3n) is 1.53. The first-order chi connectivity index (χ1) is 6.13. The van der Waals surface area contributed by atoms with Crippen molar-refractivity contribution in [1.82, 2.24) is 4.98 Å². The van der Waals surface area contributed by atoms with Crippen molar-refractivity contribution in [2.45, 2.75) is 20.0 Å². The monoisotopic (exact) mass is 239 g/mol. The van der Waals surface area contributed by atoms with E-state index in [1.807, 2.05) is 13.0 Å². The Morgan fingerprint density at radius 1 is 1.62 bits per heavy atom. The van der Waals surface area contributed by atoms with E-state index >= 15 is 0 Å². The normalized spacial score (nSPS) is 11.8. The number of terminal acetylenes is 1. The second-order valence-electron chi connectivity index (χ2n) is 2.64. The van der Waals surface area contributed by atoms with E-state index in [1.54, 1.807) is 13.0 Å². The van der Waals surface area contributed by atoms with Gasteiger partial charge in [0.25, 0.3) is 0 Å². The summed E-state index contributed by atoms with van der Waals surface area (Å²) >= 11 is 3.35. The lowest BCUT2D eigenvalue weighted by Crippen LogP contribution is -2.09. The van der Waals surface area contributed by atoms with Crippen LogP contribution >= 0.6 is 15.9 Å². The van der Waals surface area contributed by atoms with Crippen molar-refractivity contribution in [3.63, 3.8) is 0 Å². The van der Waals surface area contributed by atoms with Crippen LogP contribution in [0.1, 0.15) is 12.6 Å². The fraction of sp³-hybridized carbons (Fsp3) is 0.300. The molecule has 1 aromatic heterocycles. The third-order valence-corrected chi connectivity index (χ3v) is 2.37. The highest BCUT2D eigenvalue weighted by Crippen LogP contribution is 2.18. The predicted molar refractivity (Wildman–Crippen MR) is 55.6 cm³/mol. The Morgan fingerprint density at radius 2 is 2.31 bits per heavy atom. The van der Waals surface area contributed by atoms with Gasteiger partial charge in [-0.1, -0.05) is 5.92 Å². The molecule has 0 radical (unpaired) electrons. The zero-order chi connectivity index (χ0) is 9.84. The average molecular weight is 240 g/mol. The molecule has 0 aliphatic rings. The molecule has 3 heteroatoms. The third kappa shape index (κ3) is 2.74. The molecule has 1 atom stereocenters. The van der Waals surface area contributed by atoms with Crippen molar-refractivity contribution in [2.24, 2.45) is 0 Å². The number of halogens is 1. The molecular formula is C10H10BrNO. The first-order valence-electron chi connectivity index (χ1n) is 3.89. The van der Waals surface area contributed by atoms with Crippen molar-refractivity contribution in [1.29, 1.82) is 0 Å². The summed E-state index contributed by atoms with van der Waals surface area (Å²) in [5.41, 5.74) is 0.890. The fourth-order valence-electron chi connectivity index (χ4n) is 0.802. The molecule has 1 aromatic rings. The zero-order valence-corrected chi connectivity index (χ0v) is 9.13. The molecule has 0 amide bonds. The van der Waals surface area contributed by atoms with Gasteiger partial charge in [-0.2, -0.15) is 0 Å². The number of hydrogen-bond donors (Lipinski definition) is 0. The van der Waals surface area contributed by atoms with Gasteiger partial charge in [0.1, 0.15) is 0 Å². The van der Waals surface area contributed by atoms with Crippen molar-refractivity contribution in [3.8, 4) is 18.2 Å². The number of hydrogen-bond acceptors (Lipinski definition) is 2. The quantitative estimate of drug-likeness (QED) is 0.741. The Balaban J connectivity index is 2.81. The Bertz CT molecular complexity index is 343. The van der Waals surface area contributed by atoms with E-state index in [1.165, 1.54) is 0 Å². The van der Waals surface area contributed by atoms with Crippen LogP contribution in [0.25, 0.3) is 0 Å². The summed E-state index contributed by atoms with van der Waals surface area (Å²) in [5, 5.41) is 0. The first kappa shape index (κ1) is 10.1. The highest BCUT2D eigenvalue weighted by molar-refractivity contribution is 9.10. The average Bonchev–Trinajstić information content (AvgIpc) is 2.11. The number of pyridine rings is 1. The molecule has 0 saturated carbocycles. The van der Waals surface area contributed by atoms with Gasteiger partial charge < -0.3 is 4.74 Å². The maximum atomic E-state index is 5.33. The van der Waals surface area contributed by atoms with Crippen LogP contribution in [0.3, 0.4) is 0 Å². The minimum Gasteiger partial charge on any atom is -0.461 e. The molecule has 0 bridgehead atoms. The Hall–Kier alpha value is -1.01. The van der Waals surface area contributed by atoms with Crippen LogP contribution in [0.5, 0.6) is 5.88 Å². The Labute approximate surface area is 86.5 Å². The number of aromatic nitrogens is 1. The minimum absolute atomic E-state index is 0.243. The largest absolute Gasteiger partial charge is 0.461 e. The molecule has 68 valence electrons. The summed E-state index contributed by atoms with van der Waals surface area (Å²) in [6, 6.07) is 3.67. The molecule has 0 spiro atoms. The van der Waals surface area contributed by atoms with Crippen LogP contribution in [-0.2, 0) is 0 Å². The smallest absolute Gasteiger partial charge is 0.214 e. The summed E-state index contributed by atoms with van der Waals surface area (Å²) < 4.78 is 6.30. The standard InChI is InChI=1S/C10H10BrNO/c1-4-7(2)13-10-6-5-9(11)8(3)12-10/h1,5-7H,2-3H3. The minimum atomic E-state index is -0.243. The summed E-state index contributed by atoms with van der Waals surface area (Å²) in [7, 11) is 0. The maximum absolute atomic E-state index is 5.33. The van der Waals surface area contributed by atoms with Crippen LogP contribution in [0.2, 0.25) is 0 Å². The lowest BCUT2D eigenvalue weighted by molar-refractivity contribution is 0.267. The molecule has 0 fully saturated rings. The van der Waals surface area contributed by atoms with Gasteiger partial charge in [-0.15, -0.1) is 6.42 Å². The zero-order valence-electron chi connectivity index (χ0n) is 7.54. The van der Waals surface area contributed by atoms with E-state index < -0.39 is 0 Å². The topological polar surface area (TPSA) is 22.1 Å². The Kier molecular flexibility index (Phi) is 3.32. The number of rotatable bonds is 2. The van der Waals surface area contributed by atoms with E-state index in [-0.39, 0.29) is 6.10 Å².